The lowest BCUT2D eigenvalue weighted by atomic mass is 10.1. The van der Waals surface area contributed by atoms with E-state index < -0.39 is 28.5 Å². The first kappa shape index (κ1) is 32.5. The highest BCUT2D eigenvalue weighted by Gasteiger charge is 2.32. The Labute approximate surface area is 249 Å². The van der Waals surface area contributed by atoms with E-state index >= 15 is 0 Å². The third kappa shape index (κ3) is 8.25. The molecule has 0 aliphatic carbocycles. The molecule has 42 heavy (non-hydrogen) atoms. The van der Waals surface area contributed by atoms with Crippen LogP contribution >= 0.6 is 0 Å². The molecule has 0 radical (unpaired) electrons. The lowest BCUT2D eigenvalue weighted by Crippen LogP contribution is -2.52. The summed E-state index contributed by atoms with van der Waals surface area (Å²) >= 11 is 0. The SMILES string of the molecule is CCCCNC(=O)C(C)N(CCc1ccccc1)C(=O)CN(c1ccc(C)cc1)S(=O)(=O)c1ccc(OC)c(OC)c1. The highest BCUT2D eigenvalue weighted by atomic mass is 32.2. The largest absolute Gasteiger partial charge is 0.493 e. The van der Waals surface area contributed by atoms with Crippen LogP contribution in [0.25, 0.3) is 0 Å². The summed E-state index contributed by atoms with van der Waals surface area (Å²) in [6.07, 6.45) is 2.25. The van der Waals surface area contributed by atoms with Crippen molar-refractivity contribution in [3.8, 4) is 11.5 Å². The number of carbonyl (C=O) groups excluding carboxylic acids is 2. The number of anilines is 1. The van der Waals surface area contributed by atoms with Gasteiger partial charge in [0.25, 0.3) is 10.0 Å². The maximum absolute atomic E-state index is 14.1. The van der Waals surface area contributed by atoms with Crippen LogP contribution in [0.1, 0.15) is 37.8 Å². The van der Waals surface area contributed by atoms with Gasteiger partial charge < -0.3 is 19.7 Å². The van der Waals surface area contributed by atoms with Gasteiger partial charge in [0.2, 0.25) is 11.8 Å². The quantitative estimate of drug-likeness (QED) is 0.258. The summed E-state index contributed by atoms with van der Waals surface area (Å²) in [5.74, 6) is -0.150. The Hall–Kier alpha value is -4.05. The van der Waals surface area contributed by atoms with Crippen LogP contribution in [0.4, 0.5) is 5.69 Å². The van der Waals surface area contributed by atoms with Gasteiger partial charge in [-0.25, -0.2) is 8.42 Å². The standard InChI is InChI=1S/C32H41N3O6S/c1-6-7-20-33-32(37)25(3)34(21-19-26-11-9-8-10-12-26)31(36)23-35(27-15-13-24(2)14-16-27)42(38,39)28-17-18-29(40-4)30(22-28)41-5/h8-18,22,25H,6-7,19-21,23H2,1-5H3,(H,33,37). The molecule has 1 unspecified atom stereocenters. The number of hydrogen-bond acceptors (Lipinski definition) is 6. The number of hydrogen-bond donors (Lipinski definition) is 1. The summed E-state index contributed by atoms with van der Waals surface area (Å²) in [7, 11) is -1.35. The Bertz CT molecular complexity index is 1430. The zero-order valence-corrected chi connectivity index (χ0v) is 25.8. The van der Waals surface area contributed by atoms with Crippen molar-refractivity contribution in [3.05, 3.63) is 83.9 Å². The van der Waals surface area contributed by atoms with Gasteiger partial charge in [-0.05, 0) is 56.5 Å². The zero-order chi connectivity index (χ0) is 30.7. The predicted octanol–water partition coefficient (Wildman–Crippen LogP) is 4.58. The molecule has 10 heteroatoms. The Morgan fingerprint density at radius 2 is 1.60 bits per heavy atom. The molecule has 0 bridgehead atoms. The third-order valence-electron chi connectivity index (χ3n) is 7.02. The van der Waals surface area contributed by atoms with Crippen molar-refractivity contribution in [2.75, 3.05) is 38.2 Å². The molecule has 9 nitrogen and oxygen atoms in total. The first-order chi connectivity index (χ1) is 20.1. The van der Waals surface area contributed by atoms with Gasteiger partial charge in [0.1, 0.15) is 12.6 Å². The first-order valence-electron chi connectivity index (χ1n) is 14.0. The molecule has 1 N–H and O–H groups in total. The highest BCUT2D eigenvalue weighted by molar-refractivity contribution is 7.92. The van der Waals surface area contributed by atoms with Crippen LogP contribution in [0.3, 0.4) is 0 Å². The van der Waals surface area contributed by atoms with Crippen LogP contribution in [0, 0.1) is 6.92 Å². The number of nitrogens with one attached hydrogen (secondary N) is 1. The molecule has 0 aliphatic heterocycles. The van der Waals surface area contributed by atoms with E-state index in [-0.39, 0.29) is 23.1 Å². The van der Waals surface area contributed by atoms with Crippen LogP contribution < -0.4 is 19.1 Å². The second-order valence-corrected chi connectivity index (χ2v) is 11.9. The molecule has 0 aliphatic rings. The molecular formula is C32H41N3O6S. The van der Waals surface area contributed by atoms with E-state index in [1.54, 1.807) is 31.2 Å². The third-order valence-corrected chi connectivity index (χ3v) is 8.79. The molecule has 0 heterocycles. The highest BCUT2D eigenvalue weighted by Crippen LogP contribution is 2.32. The summed E-state index contributed by atoms with van der Waals surface area (Å²) in [6.45, 7) is 5.84. The number of ether oxygens (including phenoxy) is 2. The number of amides is 2. The molecule has 3 aromatic rings. The van der Waals surface area contributed by atoms with E-state index in [0.29, 0.717) is 24.4 Å². The minimum atomic E-state index is -4.23. The number of rotatable bonds is 15. The number of carbonyl (C=O) groups is 2. The van der Waals surface area contributed by atoms with Crippen molar-refractivity contribution in [1.29, 1.82) is 0 Å². The molecule has 226 valence electrons. The number of methoxy groups -OCH3 is 2. The second-order valence-electron chi connectivity index (χ2n) is 10.0. The monoisotopic (exact) mass is 595 g/mol. The normalized spacial score (nSPS) is 11.8. The fraction of sp³-hybridized carbons (Fsp3) is 0.375. The van der Waals surface area contributed by atoms with Crippen molar-refractivity contribution < 1.29 is 27.5 Å². The van der Waals surface area contributed by atoms with Gasteiger partial charge >= 0.3 is 0 Å². The van der Waals surface area contributed by atoms with Crippen LogP contribution in [0.2, 0.25) is 0 Å². The summed E-state index contributed by atoms with van der Waals surface area (Å²) in [5.41, 5.74) is 2.27. The van der Waals surface area contributed by atoms with Gasteiger partial charge in [-0.15, -0.1) is 0 Å². The average molecular weight is 596 g/mol. The van der Waals surface area contributed by atoms with Gasteiger partial charge in [0.05, 0.1) is 24.8 Å². The molecular weight excluding hydrogens is 554 g/mol. The molecule has 1 atom stereocenters. The van der Waals surface area contributed by atoms with Gasteiger partial charge in [0, 0.05) is 19.2 Å². The van der Waals surface area contributed by atoms with E-state index in [4.69, 9.17) is 9.47 Å². The van der Waals surface area contributed by atoms with E-state index in [9.17, 15) is 18.0 Å². The fourth-order valence-corrected chi connectivity index (χ4v) is 5.88. The predicted molar refractivity (Wildman–Crippen MR) is 164 cm³/mol. The summed E-state index contributed by atoms with van der Waals surface area (Å²) < 4.78 is 39.8. The van der Waals surface area contributed by atoms with Gasteiger partial charge in [-0.3, -0.25) is 13.9 Å². The van der Waals surface area contributed by atoms with Crippen LogP contribution in [-0.4, -0.2) is 65.0 Å². The second kappa shape index (κ2) is 15.3. The molecule has 3 rings (SSSR count). The Balaban J connectivity index is 1.99. The molecule has 0 fully saturated rings. The fourth-order valence-electron chi connectivity index (χ4n) is 4.45. The van der Waals surface area contributed by atoms with E-state index in [1.807, 2.05) is 44.2 Å². The van der Waals surface area contributed by atoms with Crippen molar-refractivity contribution >= 4 is 27.5 Å². The Kier molecular flexibility index (Phi) is 11.8. The number of nitrogens with zero attached hydrogens (tertiary/aromatic N) is 2. The van der Waals surface area contributed by atoms with Gasteiger partial charge in [-0.1, -0.05) is 61.4 Å². The number of unbranched alkanes of at least 4 members (excludes halogenated alkanes) is 1. The number of benzene rings is 3. The molecule has 0 aromatic heterocycles. The van der Waals surface area contributed by atoms with Crippen molar-refractivity contribution in [3.63, 3.8) is 0 Å². The van der Waals surface area contributed by atoms with Crippen LogP contribution in [-0.2, 0) is 26.0 Å². The van der Waals surface area contributed by atoms with E-state index in [0.717, 1.165) is 28.3 Å². The first-order valence-corrected chi connectivity index (χ1v) is 15.5. The van der Waals surface area contributed by atoms with Crippen LogP contribution in [0.5, 0.6) is 11.5 Å². The lowest BCUT2D eigenvalue weighted by molar-refractivity contribution is -0.138. The van der Waals surface area contributed by atoms with Gasteiger partial charge in [-0.2, -0.15) is 0 Å². The molecule has 0 saturated heterocycles. The number of aryl methyl sites for hydroxylation is 1. The Morgan fingerprint density at radius 1 is 0.929 bits per heavy atom. The van der Waals surface area contributed by atoms with Crippen molar-refractivity contribution in [2.24, 2.45) is 0 Å². The topological polar surface area (TPSA) is 105 Å². The summed E-state index contributed by atoms with van der Waals surface area (Å²) in [5, 5.41) is 2.90. The number of sulfonamides is 1. The minimum absolute atomic E-state index is 0.0604. The molecule has 0 spiro atoms. The van der Waals surface area contributed by atoms with Crippen LogP contribution in [0.15, 0.2) is 77.7 Å². The summed E-state index contributed by atoms with van der Waals surface area (Å²) in [6, 6.07) is 20.0. The average Bonchev–Trinajstić information content (AvgIpc) is 3.00. The van der Waals surface area contributed by atoms with Gasteiger partial charge in [0.15, 0.2) is 11.5 Å². The molecule has 0 saturated carbocycles. The lowest BCUT2D eigenvalue weighted by Gasteiger charge is -2.32. The van der Waals surface area contributed by atoms with E-state index in [1.165, 1.54) is 37.3 Å². The Morgan fingerprint density at radius 3 is 2.21 bits per heavy atom. The maximum Gasteiger partial charge on any atom is 0.264 e. The van der Waals surface area contributed by atoms with Crippen molar-refractivity contribution in [1.82, 2.24) is 10.2 Å². The summed E-state index contributed by atoms with van der Waals surface area (Å²) in [4.78, 5) is 28.4. The molecule has 3 aromatic carbocycles. The molecule has 2 amide bonds. The zero-order valence-electron chi connectivity index (χ0n) is 25.0. The minimum Gasteiger partial charge on any atom is -0.493 e. The van der Waals surface area contributed by atoms with E-state index in [2.05, 4.69) is 5.32 Å². The maximum atomic E-state index is 14.1. The smallest absolute Gasteiger partial charge is 0.264 e. The van der Waals surface area contributed by atoms with Crippen molar-refractivity contribution in [2.45, 2.75) is 51.0 Å².